The van der Waals surface area contributed by atoms with Gasteiger partial charge in [0.2, 0.25) is 0 Å². The molecule has 0 heterocycles. The lowest BCUT2D eigenvalue weighted by molar-refractivity contribution is 1.18. The van der Waals surface area contributed by atoms with Crippen molar-refractivity contribution >= 4 is 34.8 Å². The van der Waals surface area contributed by atoms with Crippen molar-refractivity contribution in [2.24, 2.45) is 0 Å². The van der Waals surface area contributed by atoms with Gasteiger partial charge in [0.25, 0.3) is 0 Å². The quantitative estimate of drug-likeness (QED) is 0.679. The Labute approximate surface area is 116 Å². The van der Waals surface area contributed by atoms with Crippen molar-refractivity contribution in [2.45, 2.75) is 13.3 Å². The molecule has 0 radical (unpaired) electrons. The third-order valence-electron chi connectivity index (χ3n) is 2.74. The zero-order valence-electron chi connectivity index (χ0n) is 9.31. The van der Waals surface area contributed by atoms with Gasteiger partial charge in [-0.2, -0.15) is 0 Å². The van der Waals surface area contributed by atoms with E-state index in [1.165, 1.54) is 0 Å². The molecule has 3 heteroatoms. The van der Waals surface area contributed by atoms with Crippen LogP contribution < -0.4 is 0 Å². The minimum Gasteiger partial charge on any atom is -0.0840 e. The summed E-state index contributed by atoms with van der Waals surface area (Å²) in [5.74, 6) is 0. The maximum absolute atomic E-state index is 6.27. The maximum Gasteiger partial charge on any atom is 0.0485 e. The molecule has 0 bridgehead atoms. The van der Waals surface area contributed by atoms with Gasteiger partial charge in [-0.05, 0) is 35.7 Å². The number of benzene rings is 2. The molecular formula is C14H11Cl3. The first-order valence-electron chi connectivity index (χ1n) is 5.26. The van der Waals surface area contributed by atoms with Gasteiger partial charge in [0.15, 0.2) is 0 Å². The zero-order chi connectivity index (χ0) is 12.4. The number of hydrogen-bond acceptors (Lipinski definition) is 0. The minimum absolute atomic E-state index is 0.693. The van der Waals surface area contributed by atoms with Crippen LogP contribution in [0.5, 0.6) is 0 Å². The van der Waals surface area contributed by atoms with E-state index in [-0.39, 0.29) is 0 Å². The van der Waals surface area contributed by atoms with Gasteiger partial charge >= 0.3 is 0 Å². The lowest BCUT2D eigenvalue weighted by atomic mass is 10.0. The summed E-state index contributed by atoms with van der Waals surface area (Å²) in [7, 11) is 0. The second kappa shape index (κ2) is 5.30. The van der Waals surface area contributed by atoms with Crippen LogP contribution >= 0.6 is 34.8 Å². The SMILES string of the molecule is Cc1c(Cl)ccc(Cc2ccccc2Cl)c1Cl. The van der Waals surface area contributed by atoms with Gasteiger partial charge in [0.1, 0.15) is 0 Å². The van der Waals surface area contributed by atoms with Crippen molar-refractivity contribution in [1.82, 2.24) is 0 Å². The summed E-state index contributed by atoms with van der Waals surface area (Å²) in [5, 5.41) is 2.17. The van der Waals surface area contributed by atoms with Crippen molar-refractivity contribution in [2.75, 3.05) is 0 Å². The molecule has 0 aromatic heterocycles. The van der Waals surface area contributed by atoms with Crippen LogP contribution in [0.1, 0.15) is 16.7 Å². The molecule has 2 aromatic carbocycles. The second-order valence-electron chi connectivity index (χ2n) is 3.91. The first-order valence-corrected chi connectivity index (χ1v) is 6.40. The standard InChI is InChI=1S/C14H11Cl3/c1-9-12(15)7-6-11(14(9)17)8-10-4-2-3-5-13(10)16/h2-7H,8H2,1H3. The molecule has 0 fully saturated rings. The molecule has 0 aliphatic heterocycles. The number of rotatable bonds is 2. The summed E-state index contributed by atoms with van der Waals surface area (Å²) < 4.78 is 0. The molecule has 0 aliphatic carbocycles. The van der Waals surface area contributed by atoms with E-state index in [4.69, 9.17) is 34.8 Å². The van der Waals surface area contributed by atoms with Gasteiger partial charge in [0, 0.05) is 21.5 Å². The number of hydrogen-bond donors (Lipinski definition) is 0. The van der Waals surface area contributed by atoms with E-state index >= 15 is 0 Å². The average molecular weight is 286 g/mol. The Morgan fingerprint density at radius 3 is 2.24 bits per heavy atom. The molecular weight excluding hydrogens is 275 g/mol. The summed E-state index contributed by atoms with van der Waals surface area (Å²) >= 11 is 18.4. The van der Waals surface area contributed by atoms with E-state index in [0.717, 1.165) is 33.2 Å². The lowest BCUT2D eigenvalue weighted by Crippen LogP contribution is -1.92. The van der Waals surface area contributed by atoms with Crippen molar-refractivity contribution in [3.05, 3.63) is 68.2 Å². The van der Waals surface area contributed by atoms with Crippen LogP contribution in [0.15, 0.2) is 36.4 Å². The predicted octanol–water partition coefficient (Wildman–Crippen LogP) is 5.55. The molecule has 0 spiro atoms. The van der Waals surface area contributed by atoms with Crippen LogP contribution in [0, 0.1) is 6.92 Å². The van der Waals surface area contributed by atoms with Crippen molar-refractivity contribution in [1.29, 1.82) is 0 Å². The van der Waals surface area contributed by atoms with E-state index in [0.29, 0.717) is 5.02 Å². The first kappa shape index (κ1) is 12.8. The van der Waals surface area contributed by atoms with E-state index in [1.54, 1.807) is 0 Å². The van der Waals surface area contributed by atoms with Gasteiger partial charge in [-0.3, -0.25) is 0 Å². The Balaban J connectivity index is 2.38. The molecule has 2 aromatic rings. The zero-order valence-corrected chi connectivity index (χ0v) is 11.6. The lowest BCUT2D eigenvalue weighted by Gasteiger charge is -2.09. The van der Waals surface area contributed by atoms with Crippen LogP contribution in [0.3, 0.4) is 0 Å². The molecule has 0 saturated heterocycles. The third kappa shape index (κ3) is 2.77. The minimum atomic E-state index is 0.693. The highest BCUT2D eigenvalue weighted by molar-refractivity contribution is 6.36. The Kier molecular flexibility index (Phi) is 3.98. The summed E-state index contributed by atoms with van der Waals surface area (Å²) in [6, 6.07) is 11.6. The average Bonchev–Trinajstić information content (AvgIpc) is 2.32. The highest BCUT2D eigenvalue weighted by Gasteiger charge is 2.08. The van der Waals surface area contributed by atoms with Gasteiger partial charge in [0.05, 0.1) is 0 Å². The Morgan fingerprint density at radius 1 is 0.824 bits per heavy atom. The fourth-order valence-electron chi connectivity index (χ4n) is 1.70. The van der Waals surface area contributed by atoms with Crippen molar-refractivity contribution < 1.29 is 0 Å². The first-order chi connectivity index (χ1) is 8.09. The molecule has 0 N–H and O–H groups in total. The largest absolute Gasteiger partial charge is 0.0840 e. The van der Waals surface area contributed by atoms with Crippen LogP contribution in [0.4, 0.5) is 0 Å². The molecule has 0 aliphatic rings. The van der Waals surface area contributed by atoms with Crippen LogP contribution in [-0.2, 0) is 6.42 Å². The highest BCUT2D eigenvalue weighted by Crippen LogP contribution is 2.30. The topological polar surface area (TPSA) is 0 Å². The van der Waals surface area contributed by atoms with Crippen LogP contribution in [-0.4, -0.2) is 0 Å². The Morgan fingerprint density at radius 2 is 1.53 bits per heavy atom. The summed E-state index contributed by atoms with van der Waals surface area (Å²) in [6.45, 7) is 1.92. The fraction of sp³-hybridized carbons (Fsp3) is 0.143. The molecule has 0 amide bonds. The van der Waals surface area contributed by atoms with Crippen LogP contribution in [0.2, 0.25) is 15.1 Å². The van der Waals surface area contributed by atoms with E-state index < -0.39 is 0 Å². The molecule has 2 rings (SSSR count). The molecule has 0 saturated carbocycles. The van der Waals surface area contributed by atoms with Crippen molar-refractivity contribution in [3.63, 3.8) is 0 Å². The van der Waals surface area contributed by atoms with Crippen molar-refractivity contribution in [3.8, 4) is 0 Å². The van der Waals surface area contributed by atoms with E-state index in [1.807, 2.05) is 43.3 Å². The molecule has 0 unspecified atom stereocenters. The van der Waals surface area contributed by atoms with Gasteiger partial charge < -0.3 is 0 Å². The highest BCUT2D eigenvalue weighted by atomic mass is 35.5. The molecule has 88 valence electrons. The fourth-order valence-corrected chi connectivity index (χ4v) is 2.34. The Hall–Kier alpha value is -0.690. The van der Waals surface area contributed by atoms with E-state index in [9.17, 15) is 0 Å². The predicted molar refractivity (Wildman–Crippen MR) is 75.5 cm³/mol. The smallest absolute Gasteiger partial charge is 0.0485 e. The van der Waals surface area contributed by atoms with E-state index in [2.05, 4.69) is 0 Å². The van der Waals surface area contributed by atoms with Crippen LogP contribution in [0.25, 0.3) is 0 Å². The van der Waals surface area contributed by atoms with Gasteiger partial charge in [-0.15, -0.1) is 0 Å². The second-order valence-corrected chi connectivity index (χ2v) is 5.11. The molecule has 0 nitrogen and oxygen atoms in total. The molecule has 17 heavy (non-hydrogen) atoms. The summed E-state index contributed by atoms with van der Waals surface area (Å²) in [5.41, 5.74) is 3.03. The summed E-state index contributed by atoms with van der Waals surface area (Å²) in [6.07, 6.45) is 0.719. The number of halogens is 3. The monoisotopic (exact) mass is 284 g/mol. The third-order valence-corrected chi connectivity index (χ3v) is 4.04. The molecule has 0 atom stereocenters. The summed E-state index contributed by atoms with van der Waals surface area (Å²) in [4.78, 5) is 0. The van der Waals surface area contributed by atoms with Gasteiger partial charge in [-0.25, -0.2) is 0 Å². The maximum atomic E-state index is 6.27. The normalized spacial score (nSPS) is 10.6. The van der Waals surface area contributed by atoms with Gasteiger partial charge in [-0.1, -0.05) is 59.1 Å². The Bertz CT molecular complexity index is 547.